The quantitative estimate of drug-likeness (QED) is 0.105. The topological polar surface area (TPSA) is 78.4 Å². The van der Waals surface area contributed by atoms with Crippen LogP contribution >= 0.6 is 38.5 Å². The zero-order valence-corrected chi connectivity index (χ0v) is 23.7. The molecule has 1 N–H and O–H groups in total. The fourth-order valence-corrected chi connectivity index (χ4v) is 4.15. The van der Waals surface area contributed by atoms with Gasteiger partial charge in [0.2, 0.25) is 0 Å². The number of halogens is 2. The van der Waals surface area contributed by atoms with E-state index in [1.165, 1.54) is 7.11 Å². The molecule has 0 heterocycles. The number of rotatable bonds is 12. The minimum atomic E-state index is -0.381. The van der Waals surface area contributed by atoms with Crippen LogP contribution in [-0.2, 0) is 6.61 Å². The highest BCUT2D eigenvalue weighted by Gasteiger charge is 2.13. The molecule has 0 saturated heterocycles. The lowest BCUT2D eigenvalue weighted by atomic mass is 10.2. The Labute approximate surface area is 232 Å². The van der Waals surface area contributed by atoms with Gasteiger partial charge in [-0.2, -0.15) is 5.10 Å². The van der Waals surface area contributed by atoms with Crippen LogP contribution in [0.15, 0.2) is 76.8 Å². The minimum absolute atomic E-state index is 0.336. The third-order valence-electron chi connectivity index (χ3n) is 4.79. The zero-order valence-electron chi connectivity index (χ0n) is 19.9. The van der Waals surface area contributed by atoms with Crippen molar-refractivity contribution in [3.05, 3.63) is 92.0 Å². The Kier molecular flexibility index (Phi) is 10.6. The number of benzene rings is 3. The van der Waals surface area contributed by atoms with Crippen LogP contribution in [0.2, 0.25) is 0 Å². The maximum Gasteiger partial charge on any atom is 0.271 e. The molecule has 0 radical (unpaired) electrons. The fourth-order valence-electron chi connectivity index (χ4n) is 3.11. The van der Waals surface area contributed by atoms with E-state index < -0.39 is 0 Å². The van der Waals surface area contributed by atoms with E-state index in [9.17, 15) is 4.79 Å². The smallest absolute Gasteiger partial charge is 0.271 e. The van der Waals surface area contributed by atoms with Crippen LogP contribution in [0, 0.1) is 3.57 Å². The van der Waals surface area contributed by atoms with E-state index in [1.807, 2.05) is 43.3 Å². The van der Waals surface area contributed by atoms with E-state index in [-0.39, 0.29) is 5.91 Å². The average Bonchev–Trinajstić information content (AvgIpc) is 2.88. The molecular weight excluding hydrogens is 639 g/mol. The van der Waals surface area contributed by atoms with Gasteiger partial charge in [-0.05, 0) is 83.1 Å². The molecule has 0 unspecified atom stereocenters. The number of methoxy groups -OCH3 is 1. The third-order valence-corrected chi connectivity index (χ3v) is 6.12. The molecule has 7 nitrogen and oxygen atoms in total. The molecular formula is C27H26BrIN2O5. The van der Waals surface area contributed by atoms with Crippen LogP contribution in [0.1, 0.15) is 28.4 Å². The highest BCUT2D eigenvalue weighted by molar-refractivity contribution is 14.1. The Bertz CT molecular complexity index is 1230. The van der Waals surface area contributed by atoms with Crippen LogP contribution in [0.5, 0.6) is 23.0 Å². The van der Waals surface area contributed by atoms with Crippen molar-refractivity contribution in [2.75, 3.05) is 20.3 Å². The molecule has 0 aliphatic heterocycles. The van der Waals surface area contributed by atoms with Crippen molar-refractivity contribution in [1.29, 1.82) is 0 Å². The van der Waals surface area contributed by atoms with Gasteiger partial charge >= 0.3 is 0 Å². The molecule has 1 amide bonds. The summed E-state index contributed by atoms with van der Waals surface area (Å²) in [5, 5.41) is 4.11. The number of amides is 1. The Hall–Kier alpha value is -3.05. The Morgan fingerprint density at radius 2 is 1.83 bits per heavy atom. The van der Waals surface area contributed by atoms with Crippen LogP contribution in [0.3, 0.4) is 0 Å². The van der Waals surface area contributed by atoms with Gasteiger partial charge < -0.3 is 18.9 Å². The number of nitrogens with zero attached hydrogens (tertiary/aromatic N) is 1. The summed E-state index contributed by atoms with van der Waals surface area (Å²) in [4.78, 5) is 12.6. The number of hydrazone groups is 1. The SMILES string of the molecule is C=CCOc1ccc(C(=O)N/N=C/c2cc(I)c(OCc3ccc(Br)cc3)c(OCC)c2)cc1OC. The van der Waals surface area contributed by atoms with Gasteiger partial charge in [0.15, 0.2) is 23.0 Å². The average molecular weight is 665 g/mol. The predicted octanol–water partition coefficient (Wildman–Crippen LogP) is 6.37. The molecule has 0 spiro atoms. The molecule has 188 valence electrons. The highest BCUT2D eigenvalue weighted by Crippen LogP contribution is 2.34. The second kappa shape index (κ2) is 13.9. The second-order valence-electron chi connectivity index (χ2n) is 7.34. The molecule has 0 saturated carbocycles. The monoisotopic (exact) mass is 664 g/mol. The molecule has 9 heteroatoms. The Morgan fingerprint density at radius 3 is 2.53 bits per heavy atom. The third kappa shape index (κ3) is 7.72. The zero-order chi connectivity index (χ0) is 25.9. The summed E-state index contributed by atoms with van der Waals surface area (Å²) in [6, 6.07) is 16.6. The van der Waals surface area contributed by atoms with Gasteiger partial charge in [-0.15, -0.1) is 0 Å². The fraction of sp³-hybridized carbons (Fsp3) is 0.185. The van der Waals surface area contributed by atoms with E-state index in [0.717, 1.165) is 19.2 Å². The van der Waals surface area contributed by atoms with Gasteiger partial charge in [0.1, 0.15) is 13.2 Å². The first-order chi connectivity index (χ1) is 17.4. The molecule has 3 aromatic carbocycles. The first kappa shape index (κ1) is 27.5. The van der Waals surface area contributed by atoms with Gasteiger partial charge in [0.05, 0.1) is 23.5 Å². The van der Waals surface area contributed by atoms with E-state index in [4.69, 9.17) is 18.9 Å². The second-order valence-corrected chi connectivity index (χ2v) is 9.42. The first-order valence-corrected chi connectivity index (χ1v) is 12.9. The lowest BCUT2D eigenvalue weighted by Crippen LogP contribution is -2.17. The first-order valence-electron chi connectivity index (χ1n) is 11.0. The molecule has 0 aliphatic carbocycles. The number of hydrogen-bond donors (Lipinski definition) is 1. The molecule has 0 atom stereocenters. The van der Waals surface area contributed by atoms with E-state index in [0.29, 0.717) is 48.4 Å². The maximum absolute atomic E-state index is 12.6. The van der Waals surface area contributed by atoms with Gasteiger partial charge in [-0.1, -0.05) is 40.7 Å². The standard InChI is InChI=1S/C27H26BrIN2O5/c1-4-12-35-23-11-8-20(15-24(23)33-3)27(32)31-30-16-19-13-22(29)26(25(14-19)34-5-2)36-17-18-6-9-21(28)10-7-18/h4,6-11,13-16H,1,5,12,17H2,2-3H3,(H,31,32)/b30-16+. The van der Waals surface area contributed by atoms with E-state index in [2.05, 4.69) is 55.6 Å². The molecule has 0 fully saturated rings. The lowest BCUT2D eigenvalue weighted by Gasteiger charge is -2.15. The van der Waals surface area contributed by atoms with Crippen molar-refractivity contribution in [2.45, 2.75) is 13.5 Å². The lowest BCUT2D eigenvalue weighted by molar-refractivity contribution is 0.0954. The molecule has 0 aliphatic rings. The van der Waals surface area contributed by atoms with E-state index in [1.54, 1.807) is 30.5 Å². The van der Waals surface area contributed by atoms with Crippen molar-refractivity contribution in [1.82, 2.24) is 5.43 Å². The normalized spacial score (nSPS) is 10.7. The summed E-state index contributed by atoms with van der Waals surface area (Å²) >= 11 is 5.64. The van der Waals surface area contributed by atoms with Crippen LogP contribution in [-0.4, -0.2) is 32.4 Å². The number of carbonyl (C=O) groups excluding carboxylic acids is 1. The molecule has 3 aromatic rings. The summed E-state index contributed by atoms with van der Waals surface area (Å²) in [6.07, 6.45) is 3.19. The van der Waals surface area contributed by atoms with Crippen LogP contribution in [0.25, 0.3) is 0 Å². The van der Waals surface area contributed by atoms with Crippen molar-refractivity contribution in [3.63, 3.8) is 0 Å². The Morgan fingerprint density at radius 1 is 1.06 bits per heavy atom. The number of carbonyl (C=O) groups is 1. The van der Waals surface area contributed by atoms with Gasteiger partial charge in [0, 0.05) is 10.0 Å². The van der Waals surface area contributed by atoms with Crippen LogP contribution < -0.4 is 24.4 Å². The number of ether oxygens (including phenoxy) is 4. The van der Waals surface area contributed by atoms with E-state index >= 15 is 0 Å². The Balaban J connectivity index is 1.70. The largest absolute Gasteiger partial charge is 0.493 e. The number of hydrogen-bond acceptors (Lipinski definition) is 6. The van der Waals surface area contributed by atoms with Crippen molar-refractivity contribution >= 4 is 50.6 Å². The van der Waals surface area contributed by atoms with Gasteiger partial charge in [-0.3, -0.25) is 4.79 Å². The molecule has 36 heavy (non-hydrogen) atoms. The van der Waals surface area contributed by atoms with Crippen molar-refractivity contribution < 1.29 is 23.7 Å². The number of nitrogens with one attached hydrogen (secondary N) is 1. The highest BCUT2D eigenvalue weighted by atomic mass is 127. The van der Waals surface area contributed by atoms with Gasteiger partial charge in [-0.25, -0.2) is 5.43 Å². The summed E-state index contributed by atoms with van der Waals surface area (Å²) < 4.78 is 24.6. The van der Waals surface area contributed by atoms with Crippen LogP contribution in [0.4, 0.5) is 0 Å². The molecule has 0 aromatic heterocycles. The summed E-state index contributed by atoms with van der Waals surface area (Å²) in [5.41, 5.74) is 4.72. The summed E-state index contributed by atoms with van der Waals surface area (Å²) in [6.45, 7) is 6.76. The summed E-state index contributed by atoms with van der Waals surface area (Å²) in [5.74, 6) is 1.86. The van der Waals surface area contributed by atoms with Crippen molar-refractivity contribution in [2.24, 2.45) is 5.10 Å². The van der Waals surface area contributed by atoms with Gasteiger partial charge in [0.25, 0.3) is 5.91 Å². The summed E-state index contributed by atoms with van der Waals surface area (Å²) in [7, 11) is 1.51. The molecule has 0 bridgehead atoms. The maximum atomic E-state index is 12.6. The molecule has 3 rings (SSSR count). The van der Waals surface area contributed by atoms with Crippen molar-refractivity contribution in [3.8, 4) is 23.0 Å². The predicted molar refractivity (Wildman–Crippen MR) is 153 cm³/mol. The minimum Gasteiger partial charge on any atom is -0.493 e.